The first-order chi connectivity index (χ1) is 24.1. The van der Waals surface area contributed by atoms with Crippen LogP contribution in [0.3, 0.4) is 0 Å². The Kier molecular flexibility index (Phi) is 11.2. The Morgan fingerprint density at radius 3 is 2.20 bits per heavy atom. The Bertz CT molecular complexity index is 1890. The van der Waals surface area contributed by atoms with Crippen molar-refractivity contribution in [2.24, 2.45) is 12.5 Å². The second kappa shape index (κ2) is 15.1. The number of piperazine rings is 1. The van der Waals surface area contributed by atoms with Crippen LogP contribution in [0.25, 0.3) is 11.1 Å². The first-order valence-corrected chi connectivity index (χ1v) is 18.0. The molecule has 1 fully saturated rings. The Balaban J connectivity index is 1.33. The number of rotatable bonds is 8. The van der Waals surface area contributed by atoms with Gasteiger partial charge in [0.25, 0.3) is 11.5 Å². The molecule has 0 saturated carbocycles. The van der Waals surface area contributed by atoms with Crippen molar-refractivity contribution >= 4 is 5.91 Å². The summed E-state index contributed by atoms with van der Waals surface area (Å²) in [5, 5.41) is 9.79. The number of ether oxygens (including phenoxy) is 2. The Hall–Kier alpha value is -4.39. The van der Waals surface area contributed by atoms with Crippen LogP contribution in [0.5, 0.6) is 11.5 Å². The molecule has 2 aliphatic rings. The Labute approximate surface area is 304 Å². The summed E-state index contributed by atoms with van der Waals surface area (Å²) in [5.41, 5.74) is 8.42. The summed E-state index contributed by atoms with van der Waals surface area (Å²) in [6, 6.07) is 13.3. The molecule has 9 heteroatoms. The smallest absolute Gasteiger partial charge is 0.264 e. The van der Waals surface area contributed by atoms with E-state index in [9.17, 15) is 14.9 Å². The lowest BCUT2D eigenvalue weighted by atomic mass is 9.88. The predicted octanol–water partition coefficient (Wildman–Crippen LogP) is 6.72. The minimum atomic E-state index is -0.255. The first kappa shape index (κ1) is 37.9. The average Bonchev–Trinajstić information content (AvgIpc) is 3.09. The van der Waals surface area contributed by atoms with E-state index in [0.717, 1.165) is 65.4 Å². The molecule has 0 spiro atoms. The Morgan fingerprint density at radius 1 is 1.00 bits per heavy atom. The number of nitrogens with zero attached hydrogens (tertiary/aromatic N) is 5. The number of fused-ring (bicyclic) bond motifs is 1. The molecule has 9 nitrogen and oxygen atoms in total. The predicted molar refractivity (Wildman–Crippen MR) is 203 cm³/mol. The van der Waals surface area contributed by atoms with Crippen LogP contribution in [-0.4, -0.2) is 71.1 Å². The molecule has 3 aromatic rings. The van der Waals surface area contributed by atoms with Crippen molar-refractivity contribution in [1.29, 1.82) is 5.26 Å². The standard InChI is InChI=1S/C42H55N5O4/c1-26-21-45(25-37-38(50-10)17-32(18-39(37)51-11)36-24-44(9)40(48)29(4)28(36)3)22-27(2)47(26)23-31-13-12-14-34-30(5)46(16-15-35(31)34)41(49)33(20-43)19-42(6,7)8/h12-14,17-19,24,26-27,30H,15-16,21-23,25H2,1-11H3/b33-19+/t26-,27?,30?/m0/s1. The second-order valence-corrected chi connectivity index (χ2v) is 15.6. The van der Waals surface area contributed by atoms with Crippen LogP contribution >= 0.6 is 0 Å². The van der Waals surface area contributed by atoms with Crippen molar-refractivity contribution in [3.05, 3.63) is 91.9 Å². The molecule has 0 aliphatic carbocycles. The van der Waals surface area contributed by atoms with Crippen LogP contribution in [0.4, 0.5) is 0 Å². The third kappa shape index (κ3) is 7.78. The molecular formula is C42H55N5O4. The molecule has 0 radical (unpaired) electrons. The molecule has 2 aromatic carbocycles. The maximum atomic E-state index is 13.5. The fraction of sp³-hybridized carbons (Fsp3) is 0.500. The fourth-order valence-corrected chi connectivity index (χ4v) is 7.99. The van der Waals surface area contributed by atoms with E-state index in [4.69, 9.17) is 9.47 Å². The molecule has 3 heterocycles. The number of benzene rings is 2. The largest absolute Gasteiger partial charge is 0.496 e. The molecule has 2 aliphatic heterocycles. The molecule has 272 valence electrons. The van der Waals surface area contributed by atoms with Gasteiger partial charge >= 0.3 is 0 Å². The molecule has 1 saturated heterocycles. The van der Waals surface area contributed by atoms with Gasteiger partial charge in [-0.25, -0.2) is 0 Å². The number of methoxy groups -OCH3 is 2. The second-order valence-electron chi connectivity index (χ2n) is 15.6. The fourth-order valence-electron chi connectivity index (χ4n) is 7.99. The molecule has 3 atom stereocenters. The molecule has 0 bridgehead atoms. The molecule has 2 unspecified atom stereocenters. The summed E-state index contributed by atoms with van der Waals surface area (Å²) < 4.78 is 13.6. The third-order valence-corrected chi connectivity index (χ3v) is 10.8. The van der Waals surface area contributed by atoms with Crippen molar-refractivity contribution < 1.29 is 14.3 Å². The van der Waals surface area contributed by atoms with E-state index < -0.39 is 0 Å². The summed E-state index contributed by atoms with van der Waals surface area (Å²) in [5.74, 6) is 1.35. The van der Waals surface area contributed by atoms with Gasteiger partial charge in [0.15, 0.2) is 0 Å². The van der Waals surface area contributed by atoms with Crippen molar-refractivity contribution in [3.8, 4) is 28.7 Å². The molecule has 1 amide bonds. The molecule has 1 aromatic heterocycles. The van der Waals surface area contributed by atoms with E-state index in [2.05, 4.69) is 67.0 Å². The number of allylic oxidation sites excluding steroid dienone is 1. The van der Waals surface area contributed by atoms with Gasteiger partial charge in [0, 0.05) is 69.2 Å². The number of hydrogen-bond donors (Lipinski definition) is 0. The van der Waals surface area contributed by atoms with E-state index in [0.29, 0.717) is 25.2 Å². The van der Waals surface area contributed by atoms with Gasteiger partial charge in [0.05, 0.1) is 25.8 Å². The van der Waals surface area contributed by atoms with Gasteiger partial charge in [-0.3, -0.25) is 19.4 Å². The number of aryl methyl sites for hydroxylation is 1. The normalized spacial score (nSPS) is 20.2. The lowest BCUT2D eigenvalue weighted by Gasteiger charge is -2.45. The van der Waals surface area contributed by atoms with Crippen LogP contribution in [0.15, 0.2) is 53.0 Å². The first-order valence-electron chi connectivity index (χ1n) is 18.0. The van der Waals surface area contributed by atoms with Crippen molar-refractivity contribution in [2.45, 2.75) is 93.0 Å². The van der Waals surface area contributed by atoms with E-state index >= 15 is 0 Å². The summed E-state index contributed by atoms with van der Waals surface area (Å²) >= 11 is 0. The summed E-state index contributed by atoms with van der Waals surface area (Å²) in [4.78, 5) is 32.9. The van der Waals surface area contributed by atoms with Gasteiger partial charge in [-0.05, 0) is 86.4 Å². The van der Waals surface area contributed by atoms with Gasteiger partial charge in [0.1, 0.15) is 23.1 Å². The van der Waals surface area contributed by atoms with E-state index in [1.807, 2.05) is 45.7 Å². The molecule has 0 N–H and O–H groups in total. The molecular weight excluding hydrogens is 638 g/mol. The van der Waals surface area contributed by atoms with Gasteiger partial charge in [-0.15, -0.1) is 0 Å². The van der Waals surface area contributed by atoms with Crippen LogP contribution in [0.1, 0.15) is 81.0 Å². The number of amides is 1. The van der Waals surface area contributed by atoms with Crippen LogP contribution < -0.4 is 15.0 Å². The van der Waals surface area contributed by atoms with Crippen molar-refractivity contribution in [2.75, 3.05) is 33.9 Å². The zero-order valence-electron chi connectivity index (χ0n) is 32.4. The maximum absolute atomic E-state index is 13.5. The zero-order chi connectivity index (χ0) is 37.4. The summed E-state index contributed by atoms with van der Waals surface area (Å²) in [6.07, 6.45) is 4.44. The average molecular weight is 694 g/mol. The van der Waals surface area contributed by atoms with Gasteiger partial charge < -0.3 is 18.9 Å². The minimum Gasteiger partial charge on any atom is -0.496 e. The van der Waals surface area contributed by atoms with Crippen LogP contribution in [-0.2, 0) is 31.4 Å². The highest BCUT2D eigenvalue weighted by Crippen LogP contribution is 2.38. The lowest BCUT2D eigenvalue weighted by molar-refractivity contribution is -0.129. The van der Waals surface area contributed by atoms with E-state index in [1.54, 1.807) is 31.9 Å². The van der Waals surface area contributed by atoms with E-state index in [1.165, 1.54) is 16.7 Å². The zero-order valence-corrected chi connectivity index (χ0v) is 32.4. The number of nitriles is 1. The SMILES string of the molecule is COc1cc(-c2cn(C)c(=O)c(C)c2C)cc(OC)c1CN1CC(C)N(Cc2cccc3c2CCN(C(=O)/C(C#N)=C/C(C)(C)C)C3C)[C@@H](C)C1. The van der Waals surface area contributed by atoms with Crippen LogP contribution in [0.2, 0.25) is 0 Å². The number of hydrogen-bond acceptors (Lipinski definition) is 7. The highest BCUT2D eigenvalue weighted by Gasteiger charge is 2.34. The minimum absolute atomic E-state index is 0.00820. The molecule has 5 rings (SSSR count). The number of carbonyl (C=O) groups excluding carboxylic acids is 1. The van der Waals surface area contributed by atoms with E-state index in [-0.39, 0.29) is 28.5 Å². The highest BCUT2D eigenvalue weighted by atomic mass is 16.5. The van der Waals surface area contributed by atoms with Gasteiger partial charge in [0.2, 0.25) is 0 Å². The number of aromatic nitrogens is 1. The summed E-state index contributed by atoms with van der Waals surface area (Å²) in [6.45, 7) is 20.5. The maximum Gasteiger partial charge on any atom is 0.264 e. The monoisotopic (exact) mass is 693 g/mol. The summed E-state index contributed by atoms with van der Waals surface area (Å²) in [7, 11) is 5.18. The quantitative estimate of drug-likeness (QED) is 0.191. The van der Waals surface area contributed by atoms with Gasteiger partial charge in [-0.1, -0.05) is 45.0 Å². The third-order valence-electron chi connectivity index (χ3n) is 10.8. The molecule has 51 heavy (non-hydrogen) atoms. The van der Waals surface area contributed by atoms with Gasteiger partial charge in [-0.2, -0.15) is 5.26 Å². The van der Waals surface area contributed by atoms with Crippen molar-refractivity contribution in [3.63, 3.8) is 0 Å². The lowest BCUT2D eigenvalue weighted by Crippen LogP contribution is -2.55. The number of carbonyl (C=O) groups is 1. The van der Waals surface area contributed by atoms with Crippen molar-refractivity contribution in [1.82, 2.24) is 19.3 Å². The van der Waals surface area contributed by atoms with Crippen LogP contribution in [0, 0.1) is 30.6 Å². The number of pyridine rings is 1. The Morgan fingerprint density at radius 2 is 1.63 bits per heavy atom. The topological polar surface area (TPSA) is 91.0 Å². The highest BCUT2D eigenvalue weighted by molar-refractivity contribution is 5.97.